The minimum Gasteiger partial charge on any atom is -0.338 e. The SMILES string of the molecule is O=C(c1cncnc1)N1C[C@H]2C[C@@H](C1)[C@H](Cc1ccccc1)N1C(=O)CCC[C@@H]21. The van der Waals surface area contributed by atoms with Gasteiger partial charge in [-0.2, -0.15) is 0 Å². The molecule has 6 nitrogen and oxygen atoms in total. The first-order chi connectivity index (χ1) is 14.2. The summed E-state index contributed by atoms with van der Waals surface area (Å²) in [4.78, 5) is 38.2. The molecule has 29 heavy (non-hydrogen) atoms. The fourth-order valence-corrected chi connectivity index (χ4v) is 5.65. The van der Waals surface area contributed by atoms with Crippen molar-refractivity contribution in [3.63, 3.8) is 0 Å². The molecule has 0 aliphatic carbocycles. The molecule has 2 aromatic rings. The van der Waals surface area contributed by atoms with E-state index in [-0.39, 0.29) is 18.0 Å². The third-order valence-electron chi connectivity index (χ3n) is 6.88. The van der Waals surface area contributed by atoms with Crippen molar-refractivity contribution in [2.75, 3.05) is 13.1 Å². The quantitative estimate of drug-likeness (QED) is 0.808. The van der Waals surface area contributed by atoms with Crippen molar-refractivity contribution in [1.82, 2.24) is 19.8 Å². The third kappa shape index (κ3) is 3.41. The van der Waals surface area contributed by atoms with Crippen LogP contribution in [0.1, 0.15) is 41.6 Å². The summed E-state index contributed by atoms with van der Waals surface area (Å²) in [6.07, 6.45) is 9.26. The molecule has 3 fully saturated rings. The molecule has 3 aliphatic rings. The molecule has 0 saturated carbocycles. The Morgan fingerprint density at radius 3 is 2.62 bits per heavy atom. The molecule has 3 saturated heterocycles. The van der Waals surface area contributed by atoms with Crippen LogP contribution in [0.2, 0.25) is 0 Å². The van der Waals surface area contributed by atoms with Gasteiger partial charge in [-0.15, -0.1) is 0 Å². The Labute approximate surface area is 170 Å². The van der Waals surface area contributed by atoms with Crippen LogP contribution >= 0.6 is 0 Å². The summed E-state index contributed by atoms with van der Waals surface area (Å²) in [6.45, 7) is 1.41. The summed E-state index contributed by atoms with van der Waals surface area (Å²) in [5.41, 5.74) is 1.80. The Morgan fingerprint density at radius 1 is 1.07 bits per heavy atom. The van der Waals surface area contributed by atoms with E-state index >= 15 is 0 Å². The van der Waals surface area contributed by atoms with Crippen LogP contribution in [0.5, 0.6) is 0 Å². The highest BCUT2D eigenvalue weighted by molar-refractivity contribution is 5.93. The normalized spacial score (nSPS) is 28.8. The zero-order chi connectivity index (χ0) is 19.8. The van der Waals surface area contributed by atoms with Gasteiger partial charge in [0, 0.05) is 44.0 Å². The lowest BCUT2D eigenvalue weighted by Crippen LogP contribution is -2.66. The summed E-state index contributed by atoms with van der Waals surface area (Å²) in [6, 6.07) is 10.8. The molecule has 2 bridgehead atoms. The molecule has 4 atom stereocenters. The Morgan fingerprint density at radius 2 is 1.83 bits per heavy atom. The Balaban J connectivity index is 1.44. The van der Waals surface area contributed by atoms with Crippen LogP contribution in [0, 0.1) is 11.8 Å². The van der Waals surface area contributed by atoms with Gasteiger partial charge < -0.3 is 9.80 Å². The lowest BCUT2D eigenvalue weighted by Gasteiger charge is -2.56. The Kier molecular flexibility index (Phi) is 4.78. The van der Waals surface area contributed by atoms with E-state index in [1.165, 1.54) is 11.9 Å². The maximum absolute atomic E-state index is 13.1. The number of amides is 2. The van der Waals surface area contributed by atoms with Crippen LogP contribution < -0.4 is 0 Å². The number of likely N-dealkylation sites (tertiary alicyclic amines) is 1. The fourth-order valence-electron chi connectivity index (χ4n) is 5.65. The van der Waals surface area contributed by atoms with E-state index in [2.05, 4.69) is 39.1 Å². The van der Waals surface area contributed by atoms with Crippen molar-refractivity contribution in [3.8, 4) is 0 Å². The van der Waals surface area contributed by atoms with Gasteiger partial charge in [0.25, 0.3) is 5.91 Å². The number of hydrogen-bond acceptors (Lipinski definition) is 4. The molecule has 6 heteroatoms. The predicted octanol–water partition coefficient (Wildman–Crippen LogP) is 2.56. The van der Waals surface area contributed by atoms with E-state index in [0.29, 0.717) is 36.3 Å². The van der Waals surface area contributed by atoms with Gasteiger partial charge >= 0.3 is 0 Å². The van der Waals surface area contributed by atoms with Crippen molar-refractivity contribution >= 4 is 11.8 Å². The second-order valence-electron chi connectivity index (χ2n) is 8.61. The van der Waals surface area contributed by atoms with Crippen molar-refractivity contribution in [3.05, 3.63) is 60.2 Å². The second kappa shape index (κ2) is 7.58. The standard InChI is InChI=1S/C23H26N4O2/c28-22-8-4-7-20-17-10-18(21(27(20)22)9-16-5-2-1-3-6-16)14-26(13-17)23(29)19-11-24-15-25-12-19/h1-3,5-6,11-12,15,17-18,20-21H,4,7-10,13-14H2/t17-,18+,20+,21+/m1/s1. The molecule has 150 valence electrons. The smallest absolute Gasteiger partial charge is 0.257 e. The highest BCUT2D eigenvalue weighted by atomic mass is 16.2. The van der Waals surface area contributed by atoms with Gasteiger partial charge in [0.1, 0.15) is 6.33 Å². The van der Waals surface area contributed by atoms with Gasteiger partial charge in [-0.25, -0.2) is 9.97 Å². The molecule has 3 aliphatic heterocycles. The average Bonchev–Trinajstić information content (AvgIpc) is 2.77. The van der Waals surface area contributed by atoms with Gasteiger partial charge in [-0.3, -0.25) is 9.59 Å². The fraction of sp³-hybridized carbons (Fsp3) is 0.478. The number of carbonyl (C=O) groups is 2. The molecule has 0 radical (unpaired) electrons. The first-order valence-corrected chi connectivity index (χ1v) is 10.6. The maximum Gasteiger partial charge on any atom is 0.257 e. The molecule has 4 heterocycles. The number of piperidine rings is 3. The van der Waals surface area contributed by atoms with Crippen molar-refractivity contribution in [2.24, 2.45) is 11.8 Å². The van der Waals surface area contributed by atoms with Crippen LogP contribution in [0.15, 0.2) is 49.1 Å². The summed E-state index contributed by atoms with van der Waals surface area (Å²) in [7, 11) is 0. The summed E-state index contributed by atoms with van der Waals surface area (Å²) in [5, 5.41) is 0. The van der Waals surface area contributed by atoms with E-state index < -0.39 is 0 Å². The second-order valence-corrected chi connectivity index (χ2v) is 8.61. The van der Waals surface area contributed by atoms with E-state index in [4.69, 9.17) is 0 Å². The number of fused-ring (bicyclic) bond motifs is 4. The van der Waals surface area contributed by atoms with Gasteiger partial charge in [-0.05, 0) is 43.1 Å². The highest BCUT2D eigenvalue weighted by Gasteiger charge is 2.49. The van der Waals surface area contributed by atoms with Gasteiger partial charge in [0.15, 0.2) is 0 Å². The van der Waals surface area contributed by atoms with E-state index in [0.717, 1.165) is 32.2 Å². The average molecular weight is 390 g/mol. The van der Waals surface area contributed by atoms with Crippen molar-refractivity contribution in [1.29, 1.82) is 0 Å². The van der Waals surface area contributed by atoms with Gasteiger partial charge in [0.2, 0.25) is 5.91 Å². The minimum atomic E-state index is 0.00865. The largest absolute Gasteiger partial charge is 0.338 e. The first kappa shape index (κ1) is 18.3. The molecule has 1 aromatic heterocycles. The molecule has 0 unspecified atom stereocenters. The monoisotopic (exact) mass is 390 g/mol. The number of benzene rings is 1. The summed E-state index contributed by atoms with van der Waals surface area (Å²) in [5.74, 6) is 0.974. The maximum atomic E-state index is 13.1. The summed E-state index contributed by atoms with van der Waals surface area (Å²) >= 11 is 0. The molecular formula is C23H26N4O2. The molecule has 0 spiro atoms. The Bertz CT molecular complexity index is 888. The first-order valence-electron chi connectivity index (χ1n) is 10.6. The van der Waals surface area contributed by atoms with E-state index in [1.807, 2.05) is 11.0 Å². The predicted molar refractivity (Wildman–Crippen MR) is 108 cm³/mol. The molecular weight excluding hydrogens is 364 g/mol. The van der Waals surface area contributed by atoms with Crippen LogP contribution in [0.3, 0.4) is 0 Å². The zero-order valence-corrected chi connectivity index (χ0v) is 16.5. The highest BCUT2D eigenvalue weighted by Crippen LogP contribution is 2.42. The van der Waals surface area contributed by atoms with E-state index in [1.54, 1.807) is 12.4 Å². The van der Waals surface area contributed by atoms with Crippen molar-refractivity contribution < 1.29 is 9.59 Å². The number of rotatable bonds is 3. The molecule has 2 amide bonds. The van der Waals surface area contributed by atoms with Gasteiger partial charge in [0.05, 0.1) is 5.56 Å². The topological polar surface area (TPSA) is 66.4 Å². The van der Waals surface area contributed by atoms with Crippen LogP contribution in [0.25, 0.3) is 0 Å². The number of nitrogens with zero attached hydrogens (tertiary/aromatic N) is 4. The van der Waals surface area contributed by atoms with Crippen LogP contribution in [-0.2, 0) is 11.2 Å². The number of hydrogen-bond donors (Lipinski definition) is 0. The van der Waals surface area contributed by atoms with Crippen LogP contribution in [0.4, 0.5) is 0 Å². The molecule has 0 N–H and O–H groups in total. The lowest BCUT2D eigenvalue weighted by molar-refractivity contribution is -0.151. The molecule has 5 rings (SSSR count). The van der Waals surface area contributed by atoms with Crippen molar-refractivity contribution in [2.45, 2.75) is 44.2 Å². The summed E-state index contributed by atoms with van der Waals surface area (Å²) < 4.78 is 0. The lowest BCUT2D eigenvalue weighted by atomic mass is 9.70. The molecule has 1 aromatic carbocycles. The van der Waals surface area contributed by atoms with E-state index in [9.17, 15) is 9.59 Å². The number of aromatic nitrogens is 2. The van der Waals surface area contributed by atoms with Gasteiger partial charge in [-0.1, -0.05) is 30.3 Å². The third-order valence-corrected chi connectivity index (χ3v) is 6.88. The minimum absolute atomic E-state index is 0.00865. The van der Waals surface area contributed by atoms with Crippen LogP contribution in [-0.4, -0.2) is 56.8 Å². The number of carbonyl (C=O) groups excluding carboxylic acids is 2. The zero-order valence-electron chi connectivity index (χ0n) is 16.5. The Hall–Kier alpha value is -2.76.